The summed E-state index contributed by atoms with van der Waals surface area (Å²) in [5.74, 6) is -0.929. The van der Waals surface area contributed by atoms with Crippen molar-refractivity contribution in [3.05, 3.63) is 57.0 Å². The van der Waals surface area contributed by atoms with E-state index in [-0.39, 0.29) is 16.4 Å². The number of halogens is 4. The SMILES string of the molecule is CNCc1ccc(-c2ccc(Br)c(Cl)c2F)cc1F. The maximum atomic E-state index is 14.0. The van der Waals surface area contributed by atoms with Crippen LogP contribution in [0.4, 0.5) is 8.78 Å². The molecule has 2 aromatic rings. The molecule has 0 aliphatic carbocycles. The van der Waals surface area contributed by atoms with E-state index < -0.39 is 5.82 Å². The van der Waals surface area contributed by atoms with E-state index in [1.54, 1.807) is 31.3 Å². The molecule has 1 N–H and O–H groups in total. The molecule has 0 radical (unpaired) electrons. The Balaban J connectivity index is 2.48. The van der Waals surface area contributed by atoms with Gasteiger partial charge in [0.2, 0.25) is 0 Å². The van der Waals surface area contributed by atoms with E-state index in [2.05, 4.69) is 21.2 Å². The van der Waals surface area contributed by atoms with Crippen LogP contribution in [0.3, 0.4) is 0 Å². The van der Waals surface area contributed by atoms with Gasteiger partial charge in [-0.05, 0) is 40.7 Å². The van der Waals surface area contributed by atoms with Crippen molar-refractivity contribution in [2.24, 2.45) is 0 Å². The summed E-state index contributed by atoms with van der Waals surface area (Å²) in [6.45, 7) is 0.426. The van der Waals surface area contributed by atoms with Gasteiger partial charge in [-0.15, -0.1) is 0 Å². The maximum absolute atomic E-state index is 14.0. The lowest BCUT2D eigenvalue weighted by molar-refractivity contribution is 0.600. The fourth-order valence-electron chi connectivity index (χ4n) is 1.80. The summed E-state index contributed by atoms with van der Waals surface area (Å²) in [5, 5.41) is 2.87. The van der Waals surface area contributed by atoms with Crippen molar-refractivity contribution in [1.29, 1.82) is 0 Å². The van der Waals surface area contributed by atoms with Gasteiger partial charge >= 0.3 is 0 Å². The van der Waals surface area contributed by atoms with Gasteiger partial charge in [0, 0.05) is 22.1 Å². The van der Waals surface area contributed by atoms with Gasteiger partial charge in [0.1, 0.15) is 5.82 Å². The monoisotopic (exact) mass is 345 g/mol. The highest BCUT2D eigenvalue weighted by Crippen LogP contribution is 2.33. The lowest BCUT2D eigenvalue weighted by Crippen LogP contribution is -2.06. The van der Waals surface area contributed by atoms with Crippen LogP contribution in [0.2, 0.25) is 5.02 Å². The van der Waals surface area contributed by atoms with Gasteiger partial charge in [-0.25, -0.2) is 8.78 Å². The van der Waals surface area contributed by atoms with Gasteiger partial charge in [-0.1, -0.05) is 29.8 Å². The molecule has 2 aromatic carbocycles. The third-order valence-electron chi connectivity index (χ3n) is 2.77. The van der Waals surface area contributed by atoms with E-state index in [0.29, 0.717) is 22.1 Å². The molecule has 0 heterocycles. The molecule has 2 rings (SSSR count). The molecular formula is C14H11BrClF2N. The standard InChI is InChI=1S/C14H11BrClF2N/c1-19-7-9-3-2-8(6-12(9)17)10-4-5-11(15)13(16)14(10)18/h2-6,19H,7H2,1H3. The van der Waals surface area contributed by atoms with Crippen molar-refractivity contribution in [2.45, 2.75) is 6.54 Å². The third kappa shape index (κ3) is 2.96. The molecule has 100 valence electrons. The molecule has 0 aliphatic rings. The van der Waals surface area contributed by atoms with Crippen LogP contribution in [-0.2, 0) is 6.54 Å². The highest BCUT2D eigenvalue weighted by atomic mass is 79.9. The van der Waals surface area contributed by atoms with E-state index in [4.69, 9.17) is 11.6 Å². The molecule has 19 heavy (non-hydrogen) atoms. The molecule has 5 heteroatoms. The average Bonchev–Trinajstić information content (AvgIpc) is 2.39. The fourth-order valence-corrected chi connectivity index (χ4v) is 2.27. The van der Waals surface area contributed by atoms with Crippen LogP contribution in [0.25, 0.3) is 11.1 Å². The van der Waals surface area contributed by atoms with Gasteiger partial charge in [-0.3, -0.25) is 0 Å². The molecule has 0 amide bonds. The summed E-state index contributed by atoms with van der Waals surface area (Å²) in [5.41, 5.74) is 1.28. The third-order valence-corrected chi connectivity index (χ3v) is 4.03. The minimum absolute atomic E-state index is 0.00258. The van der Waals surface area contributed by atoms with Crippen LogP contribution in [0, 0.1) is 11.6 Å². The molecular weight excluding hydrogens is 336 g/mol. The zero-order valence-corrected chi connectivity index (χ0v) is 12.4. The molecule has 0 bridgehead atoms. The van der Waals surface area contributed by atoms with Crippen molar-refractivity contribution in [3.8, 4) is 11.1 Å². The Hall–Kier alpha value is -0.970. The van der Waals surface area contributed by atoms with Crippen molar-refractivity contribution in [1.82, 2.24) is 5.32 Å². The number of nitrogens with one attached hydrogen (secondary N) is 1. The van der Waals surface area contributed by atoms with Gasteiger partial charge in [0.25, 0.3) is 0 Å². The van der Waals surface area contributed by atoms with Crippen LogP contribution >= 0.6 is 27.5 Å². The second-order valence-electron chi connectivity index (χ2n) is 4.06. The summed E-state index contributed by atoms with van der Waals surface area (Å²) < 4.78 is 28.3. The summed E-state index contributed by atoms with van der Waals surface area (Å²) in [4.78, 5) is 0. The first kappa shape index (κ1) is 14.4. The Morgan fingerprint density at radius 1 is 1.21 bits per heavy atom. The summed E-state index contributed by atoms with van der Waals surface area (Å²) in [7, 11) is 1.74. The van der Waals surface area contributed by atoms with Crippen LogP contribution < -0.4 is 5.32 Å². The van der Waals surface area contributed by atoms with Crippen LogP contribution in [0.5, 0.6) is 0 Å². The first-order valence-corrected chi connectivity index (χ1v) is 6.78. The quantitative estimate of drug-likeness (QED) is 0.790. The minimum Gasteiger partial charge on any atom is -0.316 e. The molecule has 0 aromatic heterocycles. The van der Waals surface area contributed by atoms with Crippen molar-refractivity contribution >= 4 is 27.5 Å². The highest BCUT2D eigenvalue weighted by molar-refractivity contribution is 9.10. The Morgan fingerprint density at radius 3 is 2.58 bits per heavy atom. The van der Waals surface area contributed by atoms with Crippen LogP contribution in [0.15, 0.2) is 34.8 Å². The zero-order chi connectivity index (χ0) is 14.0. The molecule has 1 nitrogen and oxygen atoms in total. The lowest BCUT2D eigenvalue weighted by atomic mass is 10.0. The molecule has 0 unspecified atom stereocenters. The summed E-state index contributed by atoms with van der Waals surface area (Å²) >= 11 is 8.97. The lowest BCUT2D eigenvalue weighted by Gasteiger charge is -2.09. The Kier molecular flexibility index (Phi) is 4.55. The molecule has 0 spiro atoms. The Bertz CT molecular complexity index is 617. The van der Waals surface area contributed by atoms with E-state index >= 15 is 0 Å². The van der Waals surface area contributed by atoms with E-state index in [1.807, 2.05) is 0 Å². The Labute approximate surface area is 123 Å². The molecule has 0 aliphatic heterocycles. The summed E-state index contributed by atoms with van der Waals surface area (Å²) in [6, 6.07) is 7.84. The van der Waals surface area contributed by atoms with Gasteiger partial charge in [0.15, 0.2) is 5.82 Å². The first-order valence-electron chi connectivity index (χ1n) is 5.61. The molecule has 0 fully saturated rings. The largest absolute Gasteiger partial charge is 0.316 e. The smallest absolute Gasteiger partial charge is 0.150 e. The van der Waals surface area contributed by atoms with Crippen molar-refractivity contribution in [2.75, 3.05) is 7.05 Å². The summed E-state index contributed by atoms with van der Waals surface area (Å²) in [6.07, 6.45) is 0. The molecule has 0 atom stereocenters. The van der Waals surface area contributed by atoms with E-state index in [1.165, 1.54) is 6.07 Å². The maximum Gasteiger partial charge on any atom is 0.150 e. The molecule has 0 saturated heterocycles. The first-order chi connectivity index (χ1) is 9.04. The number of benzene rings is 2. The molecule has 0 saturated carbocycles. The average molecular weight is 347 g/mol. The van der Waals surface area contributed by atoms with E-state index in [0.717, 1.165) is 0 Å². The predicted octanol–water partition coefficient (Wildman–Crippen LogP) is 4.77. The van der Waals surface area contributed by atoms with E-state index in [9.17, 15) is 8.78 Å². The number of rotatable bonds is 3. The van der Waals surface area contributed by atoms with Crippen molar-refractivity contribution in [3.63, 3.8) is 0 Å². The fraction of sp³-hybridized carbons (Fsp3) is 0.143. The predicted molar refractivity (Wildman–Crippen MR) is 77.3 cm³/mol. The topological polar surface area (TPSA) is 12.0 Å². The number of hydrogen-bond acceptors (Lipinski definition) is 1. The van der Waals surface area contributed by atoms with Gasteiger partial charge < -0.3 is 5.32 Å². The minimum atomic E-state index is -0.559. The second kappa shape index (κ2) is 5.99. The highest BCUT2D eigenvalue weighted by Gasteiger charge is 2.13. The van der Waals surface area contributed by atoms with Gasteiger partial charge in [0.05, 0.1) is 5.02 Å². The zero-order valence-electron chi connectivity index (χ0n) is 10.1. The van der Waals surface area contributed by atoms with Gasteiger partial charge in [-0.2, -0.15) is 0 Å². The van der Waals surface area contributed by atoms with Crippen LogP contribution in [-0.4, -0.2) is 7.05 Å². The number of hydrogen-bond donors (Lipinski definition) is 1. The van der Waals surface area contributed by atoms with Crippen LogP contribution in [0.1, 0.15) is 5.56 Å². The van der Waals surface area contributed by atoms with Crippen molar-refractivity contribution < 1.29 is 8.78 Å². The second-order valence-corrected chi connectivity index (χ2v) is 5.29. The Morgan fingerprint density at radius 2 is 1.95 bits per heavy atom. The normalized spacial score (nSPS) is 10.8.